The van der Waals surface area contributed by atoms with Gasteiger partial charge in [-0.05, 0) is 19.1 Å². The molecule has 1 aromatic carbocycles. The fourth-order valence-corrected chi connectivity index (χ4v) is 2.59. The van der Waals surface area contributed by atoms with Crippen molar-refractivity contribution >= 4 is 40.9 Å². The molecule has 0 amide bonds. The average Bonchev–Trinajstić information content (AvgIpc) is 2.22. The molecular weight excluding hydrogens is 267 g/mol. The molecule has 0 atom stereocenters. The maximum Gasteiger partial charge on any atom is 0.330 e. The molecule has 0 saturated heterocycles. The molecule has 0 aliphatic rings. The lowest BCUT2D eigenvalue weighted by atomic mass is 10.3. The van der Waals surface area contributed by atoms with Crippen molar-refractivity contribution in [2.24, 2.45) is 0 Å². The van der Waals surface area contributed by atoms with Gasteiger partial charge in [-0.15, -0.1) is 11.8 Å². The number of benzene rings is 1. The van der Waals surface area contributed by atoms with E-state index in [0.29, 0.717) is 21.4 Å². The van der Waals surface area contributed by atoms with Crippen molar-refractivity contribution in [3.8, 4) is 0 Å². The van der Waals surface area contributed by atoms with Gasteiger partial charge in [0.15, 0.2) is 0 Å². The minimum Gasteiger partial charge on any atom is -0.478 e. The van der Waals surface area contributed by atoms with E-state index in [1.54, 1.807) is 31.2 Å². The van der Waals surface area contributed by atoms with Crippen LogP contribution in [-0.4, -0.2) is 16.8 Å². The maximum absolute atomic E-state index is 10.5. The fraction of sp³-hybridized carbons (Fsp3) is 0.182. The second-order valence-corrected chi connectivity index (χ2v) is 4.90. The lowest BCUT2D eigenvalue weighted by molar-refractivity contribution is -0.132. The number of carbonyl (C=O) groups is 1. The van der Waals surface area contributed by atoms with Crippen LogP contribution in [0.5, 0.6) is 0 Å². The monoisotopic (exact) mass is 276 g/mol. The van der Waals surface area contributed by atoms with Gasteiger partial charge >= 0.3 is 5.97 Å². The SMILES string of the molecule is CC(=CCSc1c(Cl)cccc1Cl)C(=O)O. The highest BCUT2D eigenvalue weighted by Gasteiger charge is 2.05. The van der Waals surface area contributed by atoms with Gasteiger partial charge in [-0.25, -0.2) is 4.79 Å². The first-order valence-electron chi connectivity index (χ1n) is 4.49. The molecule has 5 heteroatoms. The third-order valence-corrected chi connectivity index (χ3v) is 3.79. The van der Waals surface area contributed by atoms with E-state index in [2.05, 4.69) is 0 Å². The average molecular weight is 277 g/mol. The number of rotatable bonds is 4. The summed E-state index contributed by atoms with van der Waals surface area (Å²) in [6.45, 7) is 1.55. The van der Waals surface area contributed by atoms with E-state index in [9.17, 15) is 4.79 Å². The first-order chi connectivity index (χ1) is 7.52. The molecule has 0 aromatic heterocycles. The summed E-state index contributed by atoms with van der Waals surface area (Å²) in [7, 11) is 0. The molecule has 0 fully saturated rings. The van der Waals surface area contributed by atoms with Crippen LogP contribution in [0.2, 0.25) is 10.0 Å². The van der Waals surface area contributed by atoms with Crippen molar-refractivity contribution in [2.45, 2.75) is 11.8 Å². The van der Waals surface area contributed by atoms with Crippen LogP contribution in [0.15, 0.2) is 34.7 Å². The zero-order valence-corrected chi connectivity index (χ0v) is 10.9. The fourth-order valence-electron chi connectivity index (χ4n) is 0.958. The van der Waals surface area contributed by atoms with Crippen LogP contribution >= 0.6 is 35.0 Å². The second kappa shape index (κ2) is 6.18. The summed E-state index contributed by atoms with van der Waals surface area (Å²) in [6, 6.07) is 5.28. The summed E-state index contributed by atoms with van der Waals surface area (Å²) in [5, 5.41) is 9.82. The molecule has 1 N–H and O–H groups in total. The van der Waals surface area contributed by atoms with Gasteiger partial charge in [0, 0.05) is 16.2 Å². The Morgan fingerprint density at radius 1 is 1.44 bits per heavy atom. The van der Waals surface area contributed by atoms with Crippen molar-refractivity contribution in [2.75, 3.05) is 5.75 Å². The quantitative estimate of drug-likeness (QED) is 0.664. The normalized spacial score (nSPS) is 11.6. The Morgan fingerprint density at radius 3 is 2.50 bits per heavy atom. The first-order valence-corrected chi connectivity index (χ1v) is 6.23. The van der Waals surface area contributed by atoms with Gasteiger partial charge in [0.1, 0.15) is 0 Å². The Hall–Kier alpha value is -0.640. The van der Waals surface area contributed by atoms with E-state index in [4.69, 9.17) is 28.3 Å². The second-order valence-electron chi connectivity index (χ2n) is 3.05. The van der Waals surface area contributed by atoms with Gasteiger partial charge in [0.25, 0.3) is 0 Å². The van der Waals surface area contributed by atoms with E-state index >= 15 is 0 Å². The molecule has 0 aliphatic carbocycles. The number of halogens is 2. The van der Waals surface area contributed by atoms with Crippen molar-refractivity contribution in [1.82, 2.24) is 0 Å². The van der Waals surface area contributed by atoms with Gasteiger partial charge in [-0.1, -0.05) is 35.3 Å². The topological polar surface area (TPSA) is 37.3 Å². The summed E-state index contributed by atoms with van der Waals surface area (Å²) in [4.78, 5) is 11.3. The molecule has 1 aromatic rings. The third-order valence-electron chi connectivity index (χ3n) is 1.87. The highest BCUT2D eigenvalue weighted by molar-refractivity contribution is 7.99. The molecule has 86 valence electrons. The van der Waals surface area contributed by atoms with E-state index < -0.39 is 5.97 Å². The number of hydrogen-bond donors (Lipinski definition) is 1. The Morgan fingerprint density at radius 2 is 2.00 bits per heavy atom. The lowest BCUT2D eigenvalue weighted by Crippen LogP contribution is -1.96. The molecule has 0 bridgehead atoms. The van der Waals surface area contributed by atoms with Crippen molar-refractivity contribution in [3.63, 3.8) is 0 Å². The molecule has 16 heavy (non-hydrogen) atoms. The first kappa shape index (κ1) is 13.4. The van der Waals surface area contributed by atoms with Gasteiger partial charge < -0.3 is 5.11 Å². The summed E-state index contributed by atoms with van der Waals surface area (Å²) in [5.74, 6) is -0.382. The minimum atomic E-state index is -0.911. The van der Waals surface area contributed by atoms with Gasteiger partial charge in [-0.3, -0.25) is 0 Å². The number of thioether (sulfide) groups is 1. The number of hydrogen-bond acceptors (Lipinski definition) is 2. The van der Waals surface area contributed by atoms with Crippen LogP contribution in [0, 0.1) is 0 Å². The third kappa shape index (κ3) is 3.74. The summed E-state index contributed by atoms with van der Waals surface area (Å²) in [6.07, 6.45) is 1.63. The maximum atomic E-state index is 10.5. The molecule has 0 radical (unpaired) electrons. The van der Waals surface area contributed by atoms with Crippen molar-refractivity contribution in [3.05, 3.63) is 39.9 Å². The minimum absolute atomic E-state index is 0.315. The van der Waals surface area contributed by atoms with Crippen LogP contribution in [0.25, 0.3) is 0 Å². The molecule has 0 spiro atoms. The van der Waals surface area contributed by atoms with Crippen LogP contribution < -0.4 is 0 Å². The van der Waals surface area contributed by atoms with E-state index in [-0.39, 0.29) is 0 Å². The largest absolute Gasteiger partial charge is 0.478 e. The Kier molecular flexibility index (Phi) is 5.19. The van der Waals surface area contributed by atoms with Crippen LogP contribution in [0.3, 0.4) is 0 Å². The zero-order valence-electron chi connectivity index (χ0n) is 8.54. The van der Waals surface area contributed by atoms with Crippen LogP contribution in [0.4, 0.5) is 0 Å². The smallest absolute Gasteiger partial charge is 0.330 e. The molecule has 1 rings (SSSR count). The molecule has 0 heterocycles. The Labute approximate surface area is 108 Å². The molecule has 0 saturated carbocycles. The highest BCUT2D eigenvalue weighted by atomic mass is 35.5. The summed E-state index contributed by atoms with van der Waals surface area (Å²) < 4.78 is 0. The molecule has 2 nitrogen and oxygen atoms in total. The molecule has 0 aliphatic heterocycles. The van der Waals surface area contributed by atoms with Crippen molar-refractivity contribution < 1.29 is 9.90 Å². The van der Waals surface area contributed by atoms with Crippen molar-refractivity contribution in [1.29, 1.82) is 0 Å². The van der Waals surface area contributed by atoms with Gasteiger partial charge in [0.2, 0.25) is 0 Å². The van der Waals surface area contributed by atoms with Gasteiger partial charge in [-0.2, -0.15) is 0 Å². The Bertz CT molecular complexity index is 410. The molecular formula is C11H10Cl2O2S. The Balaban J connectivity index is 2.69. The standard InChI is InChI=1S/C11H10Cl2O2S/c1-7(11(14)15)5-6-16-10-8(12)3-2-4-9(10)13/h2-5H,6H2,1H3,(H,14,15). The van der Waals surface area contributed by atoms with Crippen LogP contribution in [0.1, 0.15) is 6.92 Å². The number of carboxylic acids is 1. The lowest BCUT2D eigenvalue weighted by Gasteiger charge is -2.04. The summed E-state index contributed by atoms with van der Waals surface area (Å²) in [5.41, 5.74) is 0.315. The molecule has 0 unspecified atom stereocenters. The van der Waals surface area contributed by atoms with E-state index in [1.165, 1.54) is 11.8 Å². The summed E-state index contributed by atoms with van der Waals surface area (Å²) >= 11 is 13.3. The predicted molar refractivity (Wildman–Crippen MR) is 68.6 cm³/mol. The van der Waals surface area contributed by atoms with Gasteiger partial charge in [0.05, 0.1) is 10.0 Å². The van der Waals surface area contributed by atoms with Crippen LogP contribution in [-0.2, 0) is 4.79 Å². The predicted octanol–water partition coefficient (Wildman–Crippen LogP) is 4.12. The number of carboxylic acid groups (broad SMARTS) is 1. The highest BCUT2D eigenvalue weighted by Crippen LogP contribution is 2.33. The van der Waals surface area contributed by atoms with E-state index in [1.807, 2.05) is 0 Å². The number of aliphatic carboxylic acids is 1. The zero-order chi connectivity index (χ0) is 12.1. The van der Waals surface area contributed by atoms with E-state index in [0.717, 1.165) is 4.90 Å².